The van der Waals surface area contributed by atoms with E-state index in [1.54, 1.807) is 6.92 Å². The molecule has 0 aromatic heterocycles. The van der Waals surface area contributed by atoms with E-state index >= 15 is 0 Å². The summed E-state index contributed by atoms with van der Waals surface area (Å²) in [6.07, 6.45) is 0.812. The predicted molar refractivity (Wildman–Crippen MR) is 131 cm³/mol. The van der Waals surface area contributed by atoms with Crippen molar-refractivity contribution in [3.8, 4) is 11.5 Å². The molecule has 1 aliphatic carbocycles. The van der Waals surface area contributed by atoms with Gasteiger partial charge in [0.2, 0.25) is 5.91 Å². The van der Waals surface area contributed by atoms with Crippen LogP contribution < -0.4 is 19.1 Å². The monoisotopic (exact) mass is 524 g/mol. The minimum absolute atomic E-state index is 0.00170. The number of carbonyl (C=O) groups is 2. The van der Waals surface area contributed by atoms with Crippen molar-refractivity contribution in [2.45, 2.75) is 50.5 Å². The molecule has 0 saturated heterocycles. The maximum Gasteiger partial charge on any atom is 0.394 e. The van der Waals surface area contributed by atoms with Crippen molar-refractivity contribution in [3.63, 3.8) is 0 Å². The van der Waals surface area contributed by atoms with Gasteiger partial charge >= 0.3 is 6.11 Å². The maximum atomic E-state index is 13.4. The molecule has 1 atom stereocenters. The number of sulfonamides is 1. The third-order valence-electron chi connectivity index (χ3n) is 5.98. The van der Waals surface area contributed by atoms with Crippen LogP contribution in [0.4, 0.5) is 20.2 Å². The lowest BCUT2D eigenvalue weighted by molar-refractivity contribution is -0.158. The molecule has 0 aliphatic heterocycles. The van der Waals surface area contributed by atoms with Crippen LogP contribution in [-0.4, -0.2) is 40.4 Å². The molecule has 1 aliphatic rings. The van der Waals surface area contributed by atoms with E-state index in [1.165, 1.54) is 49.5 Å². The van der Waals surface area contributed by atoms with Gasteiger partial charge in [0.1, 0.15) is 22.7 Å². The van der Waals surface area contributed by atoms with E-state index in [9.17, 15) is 26.8 Å². The lowest BCUT2D eigenvalue weighted by atomic mass is 9.91. The summed E-state index contributed by atoms with van der Waals surface area (Å²) in [5.74, 6) is -1.43. The van der Waals surface area contributed by atoms with E-state index in [0.29, 0.717) is 13.2 Å². The molecule has 2 aromatic rings. The number of hydrogen-bond acceptors (Lipinski definition) is 6. The molecule has 1 amide bonds. The Kier molecular flexibility index (Phi) is 8.55. The molecule has 36 heavy (non-hydrogen) atoms. The Morgan fingerprint density at radius 1 is 1.22 bits per heavy atom. The molecule has 0 heterocycles. The SMILES string of the molecule is CCOc1cc(NC(=O)C(C=O)C2CCCC2)ccc1S(=O)(=O)N(C)c1cccc(OC(C)(F)F)c1. The first-order valence-corrected chi connectivity index (χ1v) is 13.1. The van der Waals surface area contributed by atoms with E-state index in [2.05, 4.69) is 10.1 Å². The topological polar surface area (TPSA) is 102 Å². The Bertz CT molecular complexity index is 1190. The predicted octanol–water partition coefficient (Wildman–Crippen LogP) is 4.85. The largest absolute Gasteiger partial charge is 0.492 e. The highest BCUT2D eigenvalue weighted by atomic mass is 32.2. The summed E-state index contributed by atoms with van der Waals surface area (Å²) in [6.45, 7) is 2.41. The minimum atomic E-state index is -4.19. The second-order valence-corrected chi connectivity index (χ2v) is 10.6. The molecule has 1 N–H and O–H groups in total. The van der Waals surface area contributed by atoms with Gasteiger partial charge in [0.05, 0.1) is 18.2 Å². The summed E-state index contributed by atoms with van der Waals surface area (Å²) < 4.78 is 64.3. The first kappa shape index (κ1) is 27.4. The number of alkyl halides is 2. The zero-order valence-electron chi connectivity index (χ0n) is 20.4. The summed E-state index contributed by atoms with van der Waals surface area (Å²) in [5.41, 5.74) is 0.387. The average molecular weight is 525 g/mol. The number of aldehydes is 1. The first-order valence-electron chi connectivity index (χ1n) is 11.6. The van der Waals surface area contributed by atoms with E-state index < -0.39 is 28.0 Å². The Morgan fingerprint density at radius 3 is 2.53 bits per heavy atom. The molecular weight excluding hydrogens is 494 g/mol. The van der Waals surface area contributed by atoms with Crippen LogP contribution in [0.1, 0.15) is 39.5 Å². The van der Waals surface area contributed by atoms with Crippen LogP contribution >= 0.6 is 0 Å². The van der Waals surface area contributed by atoms with Gasteiger partial charge in [-0.3, -0.25) is 9.10 Å². The number of hydrogen-bond donors (Lipinski definition) is 1. The van der Waals surface area contributed by atoms with Crippen LogP contribution in [-0.2, 0) is 19.6 Å². The van der Waals surface area contributed by atoms with E-state index in [4.69, 9.17) is 4.74 Å². The molecule has 1 fully saturated rings. The molecule has 0 radical (unpaired) electrons. The van der Waals surface area contributed by atoms with E-state index in [0.717, 1.165) is 30.0 Å². The van der Waals surface area contributed by atoms with Crippen molar-refractivity contribution < 1.29 is 36.3 Å². The molecular formula is C25H30F2N2O6S. The number of carbonyl (C=O) groups excluding carboxylic acids is 2. The third-order valence-corrected chi connectivity index (χ3v) is 7.81. The highest BCUT2D eigenvalue weighted by Crippen LogP contribution is 2.35. The fraction of sp³-hybridized carbons (Fsp3) is 0.440. The summed E-state index contributed by atoms with van der Waals surface area (Å²) in [4.78, 5) is 24.1. The van der Waals surface area contributed by atoms with Crippen LogP contribution in [0.2, 0.25) is 0 Å². The molecule has 196 valence electrons. The molecule has 1 saturated carbocycles. The van der Waals surface area contributed by atoms with Gasteiger partial charge < -0.3 is 19.6 Å². The number of halogens is 2. The highest BCUT2D eigenvalue weighted by Gasteiger charge is 2.31. The van der Waals surface area contributed by atoms with Gasteiger partial charge in [0, 0.05) is 31.8 Å². The molecule has 1 unspecified atom stereocenters. The number of amides is 1. The second kappa shape index (κ2) is 11.2. The fourth-order valence-electron chi connectivity index (χ4n) is 4.23. The zero-order valence-corrected chi connectivity index (χ0v) is 21.2. The highest BCUT2D eigenvalue weighted by molar-refractivity contribution is 7.92. The first-order chi connectivity index (χ1) is 17.0. The van der Waals surface area contributed by atoms with Gasteiger partial charge in [0.15, 0.2) is 0 Å². The molecule has 2 aromatic carbocycles. The van der Waals surface area contributed by atoms with Crippen molar-refractivity contribution in [1.82, 2.24) is 0 Å². The van der Waals surface area contributed by atoms with Crippen molar-refractivity contribution in [3.05, 3.63) is 42.5 Å². The number of benzene rings is 2. The maximum absolute atomic E-state index is 13.4. The quantitative estimate of drug-likeness (QED) is 0.333. The third kappa shape index (κ3) is 6.51. The normalized spacial score (nSPS) is 15.2. The Morgan fingerprint density at radius 2 is 1.92 bits per heavy atom. The van der Waals surface area contributed by atoms with E-state index in [-0.39, 0.29) is 40.3 Å². The van der Waals surface area contributed by atoms with E-state index in [1.807, 2.05) is 0 Å². The summed E-state index contributed by atoms with van der Waals surface area (Å²) in [5, 5.41) is 2.69. The fourth-order valence-corrected chi connectivity index (χ4v) is 5.53. The summed E-state index contributed by atoms with van der Waals surface area (Å²) >= 11 is 0. The van der Waals surface area contributed by atoms with Crippen LogP contribution in [0, 0.1) is 11.8 Å². The van der Waals surface area contributed by atoms with Crippen LogP contribution in [0.5, 0.6) is 11.5 Å². The lowest BCUT2D eigenvalue weighted by Crippen LogP contribution is -2.29. The number of nitrogens with one attached hydrogen (secondary N) is 1. The van der Waals surface area contributed by atoms with Crippen LogP contribution in [0.3, 0.4) is 0 Å². The summed E-state index contributed by atoms with van der Waals surface area (Å²) in [7, 11) is -2.91. The van der Waals surface area contributed by atoms with Crippen molar-refractivity contribution in [2.24, 2.45) is 11.8 Å². The van der Waals surface area contributed by atoms with Crippen molar-refractivity contribution in [2.75, 3.05) is 23.3 Å². The number of ether oxygens (including phenoxy) is 2. The van der Waals surface area contributed by atoms with Crippen molar-refractivity contribution in [1.29, 1.82) is 0 Å². The van der Waals surface area contributed by atoms with Gasteiger partial charge in [-0.05, 0) is 49.9 Å². The Labute approximate surface area is 209 Å². The summed E-state index contributed by atoms with van der Waals surface area (Å²) in [6, 6.07) is 9.41. The standard InChI is InChI=1S/C25H30F2N2O6S/c1-4-34-22-14-18(28-24(31)21(16-30)17-8-5-6-9-17)12-13-23(22)36(32,33)29(3)19-10-7-11-20(15-19)35-25(2,26)27/h7,10-17,21H,4-6,8-9H2,1-3H3,(H,28,31). The number of anilines is 2. The molecule has 11 heteroatoms. The van der Waals surface area contributed by atoms with Gasteiger partial charge in [0.25, 0.3) is 10.0 Å². The van der Waals surface area contributed by atoms with Crippen molar-refractivity contribution >= 4 is 33.6 Å². The van der Waals surface area contributed by atoms with Crippen LogP contribution in [0.25, 0.3) is 0 Å². The van der Waals surface area contributed by atoms with Gasteiger partial charge in [-0.1, -0.05) is 18.9 Å². The average Bonchev–Trinajstić information content (AvgIpc) is 3.33. The number of rotatable bonds is 11. The molecule has 3 rings (SSSR count). The molecule has 0 bridgehead atoms. The smallest absolute Gasteiger partial charge is 0.394 e. The minimum Gasteiger partial charge on any atom is -0.492 e. The second-order valence-electron chi connectivity index (χ2n) is 8.67. The molecule has 8 nitrogen and oxygen atoms in total. The number of nitrogens with zero attached hydrogens (tertiary/aromatic N) is 1. The van der Waals surface area contributed by atoms with Gasteiger partial charge in [-0.25, -0.2) is 8.42 Å². The molecule has 0 spiro atoms. The Hall–Kier alpha value is -3.21. The zero-order chi connectivity index (χ0) is 26.5. The lowest BCUT2D eigenvalue weighted by Gasteiger charge is -2.23. The van der Waals surface area contributed by atoms with Gasteiger partial charge in [-0.15, -0.1) is 0 Å². The van der Waals surface area contributed by atoms with Gasteiger partial charge in [-0.2, -0.15) is 8.78 Å². The Balaban J connectivity index is 1.87. The van der Waals surface area contributed by atoms with Crippen LogP contribution in [0.15, 0.2) is 47.4 Å².